The van der Waals surface area contributed by atoms with Crippen LogP contribution in [-0.2, 0) is 14.3 Å². The second-order valence-electron chi connectivity index (χ2n) is 10.5. The normalized spacial score (nSPS) is 30.2. The van der Waals surface area contributed by atoms with Gasteiger partial charge in [0.25, 0.3) is 0 Å². The highest BCUT2D eigenvalue weighted by atomic mass is 16.5. The SMILES string of the molecule is CCCCC(=O)Oc1ccc2c(c1)C(=O)C[C@@H]1[C@@H]2CC[C@]2(C)[C@@H](OC(=O)CCCC)CC[C@@H]12. The summed E-state index contributed by atoms with van der Waals surface area (Å²) in [6.45, 7) is 6.40. The fourth-order valence-corrected chi connectivity index (χ4v) is 6.63. The maximum Gasteiger partial charge on any atom is 0.311 e. The molecule has 2 fully saturated rings. The summed E-state index contributed by atoms with van der Waals surface area (Å²) in [5, 5.41) is 0. The zero-order valence-corrected chi connectivity index (χ0v) is 20.4. The number of benzene rings is 1. The van der Waals surface area contributed by atoms with Crippen LogP contribution < -0.4 is 4.74 Å². The minimum atomic E-state index is -0.239. The Kier molecular flexibility index (Phi) is 7.25. The van der Waals surface area contributed by atoms with Gasteiger partial charge in [0.05, 0.1) is 0 Å². The van der Waals surface area contributed by atoms with E-state index in [0.29, 0.717) is 42.8 Å². The van der Waals surface area contributed by atoms with E-state index in [2.05, 4.69) is 13.8 Å². The molecule has 0 heterocycles. The number of Topliss-reactive ketones (excluding diaryl/α,β-unsaturated/α-hetero) is 1. The first-order valence-corrected chi connectivity index (χ1v) is 12.9. The van der Waals surface area contributed by atoms with Gasteiger partial charge in [0.1, 0.15) is 11.9 Å². The van der Waals surface area contributed by atoms with Gasteiger partial charge in [-0.2, -0.15) is 0 Å². The molecule has 180 valence electrons. The predicted octanol–water partition coefficient (Wildman–Crippen LogP) is 6.38. The number of ketones is 1. The number of hydrogen-bond acceptors (Lipinski definition) is 5. The lowest BCUT2D eigenvalue weighted by Gasteiger charge is -2.50. The van der Waals surface area contributed by atoms with Crippen molar-refractivity contribution in [2.24, 2.45) is 17.3 Å². The molecule has 1 aromatic carbocycles. The number of rotatable bonds is 8. The van der Waals surface area contributed by atoms with E-state index in [1.807, 2.05) is 19.1 Å². The van der Waals surface area contributed by atoms with E-state index in [4.69, 9.17) is 9.47 Å². The summed E-state index contributed by atoms with van der Waals surface area (Å²) in [6, 6.07) is 5.63. The quantitative estimate of drug-likeness (QED) is 0.337. The lowest BCUT2D eigenvalue weighted by molar-refractivity contribution is -0.157. The van der Waals surface area contributed by atoms with E-state index in [9.17, 15) is 14.4 Å². The summed E-state index contributed by atoms with van der Waals surface area (Å²) in [5.41, 5.74) is 1.78. The molecule has 33 heavy (non-hydrogen) atoms. The molecule has 2 saturated carbocycles. The molecule has 3 aliphatic rings. The monoisotopic (exact) mass is 454 g/mol. The summed E-state index contributed by atoms with van der Waals surface area (Å²) in [7, 11) is 0. The standard InChI is InChI=1S/C28H38O5/c1-4-6-8-26(30)32-18-10-11-19-20-14-15-28(3)23(21(20)17-24(29)22(19)16-18)12-13-25(28)33-27(31)9-7-5-2/h10-11,16,20-21,23,25H,4-9,12-15,17H2,1-3H3/t20-,21-,23+,25+,28+/m1/s1. The number of ether oxygens (including phenoxy) is 2. The maximum atomic E-state index is 13.2. The molecule has 5 atom stereocenters. The molecular formula is C28H38O5. The smallest absolute Gasteiger partial charge is 0.311 e. The molecule has 1 aromatic rings. The first-order chi connectivity index (χ1) is 15.9. The molecule has 0 amide bonds. The Hall–Kier alpha value is -2.17. The lowest BCUT2D eigenvalue weighted by atomic mass is 9.55. The summed E-state index contributed by atoms with van der Waals surface area (Å²) < 4.78 is 11.5. The Bertz CT molecular complexity index is 906. The largest absolute Gasteiger partial charge is 0.462 e. The molecule has 0 aromatic heterocycles. The highest BCUT2D eigenvalue weighted by Crippen LogP contribution is 2.61. The first kappa shape index (κ1) is 24.0. The molecule has 0 radical (unpaired) electrons. The molecular weight excluding hydrogens is 416 g/mol. The van der Waals surface area contributed by atoms with Gasteiger partial charge in [0.2, 0.25) is 0 Å². The molecule has 5 nitrogen and oxygen atoms in total. The average molecular weight is 455 g/mol. The second kappa shape index (κ2) is 9.99. The van der Waals surface area contributed by atoms with Gasteiger partial charge in [-0.15, -0.1) is 0 Å². The Morgan fingerprint density at radius 1 is 1.03 bits per heavy atom. The third-order valence-electron chi connectivity index (χ3n) is 8.47. The number of hydrogen-bond donors (Lipinski definition) is 0. The van der Waals surface area contributed by atoms with Gasteiger partial charge in [-0.05, 0) is 74.0 Å². The molecule has 5 heteroatoms. The van der Waals surface area contributed by atoms with Crippen molar-refractivity contribution in [1.82, 2.24) is 0 Å². The second-order valence-corrected chi connectivity index (χ2v) is 10.5. The minimum absolute atomic E-state index is 0.0331. The van der Waals surface area contributed by atoms with Crippen LogP contribution in [0, 0.1) is 17.3 Å². The Balaban J connectivity index is 1.49. The van der Waals surface area contributed by atoms with E-state index >= 15 is 0 Å². The van der Waals surface area contributed by atoms with Crippen molar-refractivity contribution in [1.29, 1.82) is 0 Å². The Morgan fingerprint density at radius 3 is 2.48 bits per heavy atom. The molecule has 0 aliphatic heterocycles. The van der Waals surface area contributed by atoms with Crippen LogP contribution in [0.1, 0.15) is 113 Å². The van der Waals surface area contributed by atoms with Crippen LogP contribution in [0.25, 0.3) is 0 Å². The van der Waals surface area contributed by atoms with Gasteiger partial charge >= 0.3 is 11.9 Å². The number of carbonyl (C=O) groups is 3. The van der Waals surface area contributed by atoms with Crippen molar-refractivity contribution in [3.05, 3.63) is 29.3 Å². The summed E-state index contributed by atoms with van der Waals surface area (Å²) in [4.78, 5) is 37.6. The Morgan fingerprint density at radius 2 is 1.76 bits per heavy atom. The molecule has 0 spiro atoms. The van der Waals surface area contributed by atoms with Gasteiger partial charge < -0.3 is 9.47 Å². The van der Waals surface area contributed by atoms with Gasteiger partial charge in [-0.25, -0.2) is 0 Å². The molecule has 0 bridgehead atoms. The fourth-order valence-electron chi connectivity index (χ4n) is 6.63. The van der Waals surface area contributed by atoms with Crippen LogP contribution in [0.3, 0.4) is 0 Å². The summed E-state index contributed by atoms with van der Waals surface area (Å²) in [6.07, 6.45) is 8.92. The number of carbonyl (C=O) groups excluding carboxylic acids is 3. The Labute approximate surface area is 197 Å². The van der Waals surface area contributed by atoms with Crippen molar-refractivity contribution >= 4 is 17.7 Å². The van der Waals surface area contributed by atoms with Gasteiger partial charge in [-0.1, -0.05) is 39.7 Å². The van der Waals surface area contributed by atoms with Crippen LogP contribution in [0.4, 0.5) is 0 Å². The summed E-state index contributed by atoms with van der Waals surface area (Å²) >= 11 is 0. The van der Waals surface area contributed by atoms with E-state index in [1.165, 1.54) is 0 Å². The fraction of sp³-hybridized carbons (Fsp3) is 0.679. The third kappa shape index (κ3) is 4.74. The van der Waals surface area contributed by atoms with Crippen LogP contribution in [0.2, 0.25) is 0 Å². The van der Waals surface area contributed by atoms with Crippen molar-refractivity contribution in [2.75, 3.05) is 0 Å². The molecule has 3 aliphatic carbocycles. The van der Waals surface area contributed by atoms with Crippen LogP contribution >= 0.6 is 0 Å². The highest BCUT2D eigenvalue weighted by molar-refractivity contribution is 5.99. The summed E-state index contributed by atoms with van der Waals surface area (Å²) in [5.74, 6) is 1.33. The van der Waals surface area contributed by atoms with Gasteiger partial charge in [0.15, 0.2) is 5.78 Å². The van der Waals surface area contributed by atoms with Gasteiger partial charge in [0, 0.05) is 30.2 Å². The highest BCUT2D eigenvalue weighted by Gasteiger charge is 2.57. The van der Waals surface area contributed by atoms with Crippen LogP contribution in [0.15, 0.2) is 18.2 Å². The zero-order chi connectivity index (χ0) is 23.6. The molecule has 0 saturated heterocycles. The third-order valence-corrected chi connectivity index (χ3v) is 8.47. The maximum absolute atomic E-state index is 13.2. The van der Waals surface area contributed by atoms with E-state index in [1.54, 1.807) is 6.07 Å². The van der Waals surface area contributed by atoms with Crippen molar-refractivity contribution in [2.45, 2.75) is 103 Å². The van der Waals surface area contributed by atoms with Gasteiger partial charge in [-0.3, -0.25) is 14.4 Å². The minimum Gasteiger partial charge on any atom is -0.462 e. The number of unbranched alkanes of at least 4 members (excludes halogenated alkanes) is 2. The van der Waals surface area contributed by atoms with E-state index in [-0.39, 0.29) is 29.2 Å². The predicted molar refractivity (Wildman–Crippen MR) is 126 cm³/mol. The van der Waals surface area contributed by atoms with Crippen molar-refractivity contribution < 1.29 is 23.9 Å². The molecule has 0 N–H and O–H groups in total. The van der Waals surface area contributed by atoms with Crippen molar-refractivity contribution in [3.63, 3.8) is 0 Å². The van der Waals surface area contributed by atoms with Crippen molar-refractivity contribution in [3.8, 4) is 5.75 Å². The van der Waals surface area contributed by atoms with E-state index < -0.39 is 0 Å². The zero-order valence-electron chi connectivity index (χ0n) is 20.4. The van der Waals surface area contributed by atoms with E-state index in [0.717, 1.165) is 62.5 Å². The number of esters is 2. The number of fused-ring (bicyclic) bond motifs is 5. The van der Waals surface area contributed by atoms with Crippen LogP contribution in [0.5, 0.6) is 5.75 Å². The average Bonchev–Trinajstić information content (AvgIpc) is 3.13. The lowest BCUT2D eigenvalue weighted by Crippen LogP contribution is -2.46. The topological polar surface area (TPSA) is 69.7 Å². The van der Waals surface area contributed by atoms with Crippen LogP contribution in [-0.4, -0.2) is 23.8 Å². The molecule has 0 unspecified atom stereocenters. The molecule has 4 rings (SSSR count). The first-order valence-electron chi connectivity index (χ1n) is 12.9.